The highest BCUT2D eigenvalue weighted by molar-refractivity contribution is 7.89. The molecule has 0 spiro atoms. The van der Waals surface area contributed by atoms with Gasteiger partial charge >= 0.3 is 5.97 Å². The van der Waals surface area contributed by atoms with Crippen LogP contribution in [0.15, 0.2) is 47.4 Å². The van der Waals surface area contributed by atoms with E-state index < -0.39 is 22.0 Å². The van der Waals surface area contributed by atoms with E-state index in [-0.39, 0.29) is 11.3 Å². The quantitative estimate of drug-likeness (QED) is 0.833. The zero-order chi connectivity index (χ0) is 18.8. The molecule has 0 aliphatic heterocycles. The van der Waals surface area contributed by atoms with Gasteiger partial charge in [-0.1, -0.05) is 40.9 Å². The summed E-state index contributed by atoms with van der Waals surface area (Å²) in [6.07, 6.45) is 0.0845. The minimum atomic E-state index is -3.95. The number of aryl methyl sites for hydroxylation is 2. The average molecular weight is 382 g/mol. The van der Waals surface area contributed by atoms with E-state index in [0.717, 1.165) is 21.0 Å². The maximum absolute atomic E-state index is 12.7. The van der Waals surface area contributed by atoms with Crippen molar-refractivity contribution in [2.24, 2.45) is 0 Å². The van der Waals surface area contributed by atoms with Crippen LogP contribution in [0.3, 0.4) is 0 Å². The van der Waals surface area contributed by atoms with Gasteiger partial charge in [-0.05, 0) is 50.1 Å². The smallest absolute Gasteiger partial charge is 0.322 e. The molecule has 0 radical (unpaired) electrons. The molecule has 134 valence electrons. The molecule has 0 saturated carbocycles. The van der Waals surface area contributed by atoms with Crippen LogP contribution in [0.1, 0.15) is 16.7 Å². The minimum absolute atomic E-state index is 0.00562. The molecule has 25 heavy (non-hydrogen) atoms. The summed E-state index contributed by atoms with van der Waals surface area (Å²) >= 11 is 5.79. The topological polar surface area (TPSA) is 74.7 Å². The fourth-order valence-electron chi connectivity index (χ4n) is 2.72. The Balaban J connectivity index is 2.35. The Labute approximate surface area is 152 Å². The number of aliphatic carboxylic acids is 1. The van der Waals surface area contributed by atoms with Crippen molar-refractivity contribution >= 4 is 27.6 Å². The van der Waals surface area contributed by atoms with E-state index in [1.54, 1.807) is 0 Å². The molecule has 0 heterocycles. The summed E-state index contributed by atoms with van der Waals surface area (Å²) in [6.45, 7) is 3.83. The average Bonchev–Trinajstić information content (AvgIpc) is 2.51. The van der Waals surface area contributed by atoms with Crippen LogP contribution in [0.25, 0.3) is 0 Å². The van der Waals surface area contributed by atoms with Crippen molar-refractivity contribution in [2.75, 3.05) is 7.05 Å². The third-order valence-corrected chi connectivity index (χ3v) is 6.06. The van der Waals surface area contributed by atoms with Gasteiger partial charge < -0.3 is 5.11 Å². The molecule has 7 heteroatoms. The van der Waals surface area contributed by atoms with Crippen LogP contribution in [0, 0.1) is 13.8 Å². The molecule has 0 unspecified atom stereocenters. The first kappa shape index (κ1) is 19.4. The highest BCUT2D eigenvalue weighted by atomic mass is 35.5. The number of carboxylic acid groups (broad SMARTS) is 1. The molecule has 0 aliphatic rings. The summed E-state index contributed by atoms with van der Waals surface area (Å²) in [7, 11) is -2.66. The Bertz CT molecular complexity index is 858. The van der Waals surface area contributed by atoms with Crippen molar-refractivity contribution in [2.45, 2.75) is 31.2 Å². The van der Waals surface area contributed by atoms with E-state index in [2.05, 4.69) is 0 Å². The molecule has 5 nitrogen and oxygen atoms in total. The van der Waals surface area contributed by atoms with Crippen molar-refractivity contribution < 1.29 is 18.3 Å². The van der Waals surface area contributed by atoms with Gasteiger partial charge in [-0.2, -0.15) is 4.31 Å². The number of carbonyl (C=O) groups is 1. The van der Waals surface area contributed by atoms with Gasteiger partial charge in [0.1, 0.15) is 6.04 Å². The van der Waals surface area contributed by atoms with E-state index >= 15 is 0 Å². The van der Waals surface area contributed by atoms with Crippen molar-refractivity contribution in [3.63, 3.8) is 0 Å². The van der Waals surface area contributed by atoms with E-state index in [4.69, 9.17) is 11.6 Å². The number of nitrogens with zero attached hydrogens (tertiary/aromatic N) is 1. The highest BCUT2D eigenvalue weighted by Gasteiger charge is 2.33. The Morgan fingerprint density at radius 3 is 2.12 bits per heavy atom. The summed E-state index contributed by atoms with van der Waals surface area (Å²) in [5.74, 6) is -1.20. The first-order valence-corrected chi connectivity index (χ1v) is 9.46. The largest absolute Gasteiger partial charge is 0.480 e. The molecular formula is C18H20ClNO4S. The summed E-state index contributed by atoms with van der Waals surface area (Å²) in [5, 5.41) is 9.98. The Morgan fingerprint density at radius 1 is 1.12 bits per heavy atom. The lowest BCUT2D eigenvalue weighted by atomic mass is 10.0. The summed E-state index contributed by atoms with van der Waals surface area (Å²) in [6, 6.07) is 10.2. The van der Waals surface area contributed by atoms with Crippen molar-refractivity contribution in [1.82, 2.24) is 4.31 Å². The first-order valence-electron chi connectivity index (χ1n) is 7.65. The zero-order valence-corrected chi connectivity index (χ0v) is 15.8. The lowest BCUT2D eigenvalue weighted by Gasteiger charge is -2.24. The standard InChI is InChI=1S/C18H20ClNO4S/c1-12-8-13(2)10-14(9-12)11-17(18(21)22)20(3)25(23,24)16-6-4-15(19)5-7-16/h4-10,17H,11H2,1-3H3,(H,21,22)/t17-/m1/s1. The number of halogens is 1. The molecule has 0 amide bonds. The van der Waals surface area contributed by atoms with Crippen LogP contribution in [-0.2, 0) is 21.2 Å². The summed E-state index contributed by atoms with van der Waals surface area (Å²) < 4.78 is 26.4. The van der Waals surface area contributed by atoms with E-state index in [0.29, 0.717) is 5.02 Å². The van der Waals surface area contributed by atoms with Crippen LogP contribution in [0.5, 0.6) is 0 Å². The molecular weight excluding hydrogens is 362 g/mol. The fraction of sp³-hybridized carbons (Fsp3) is 0.278. The molecule has 2 aromatic rings. The second-order valence-corrected chi connectivity index (χ2v) is 8.46. The predicted molar refractivity (Wildman–Crippen MR) is 97.4 cm³/mol. The SMILES string of the molecule is Cc1cc(C)cc(C[C@H](C(=O)O)N(C)S(=O)(=O)c2ccc(Cl)cc2)c1. The molecule has 1 N–H and O–H groups in total. The summed E-state index contributed by atoms with van der Waals surface area (Å²) in [5.41, 5.74) is 2.78. The lowest BCUT2D eigenvalue weighted by molar-refractivity contribution is -0.141. The van der Waals surface area contributed by atoms with Gasteiger partial charge in [-0.15, -0.1) is 0 Å². The van der Waals surface area contributed by atoms with Gasteiger partial charge in [0.05, 0.1) is 4.90 Å². The fourth-order valence-corrected chi connectivity index (χ4v) is 4.16. The predicted octanol–water partition coefficient (Wildman–Crippen LogP) is 3.27. The highest BCUT2D eigenvalue weighted by Crippen LogP contribution is 2.21. The second-order valence-electron chi connectivity index (χ2n) is 6.03. The van der Waals surface area contributed by atoms with Gasteiger partial charge in [0.25, 0.3) is 0 Å². The molecule has 0 fully saturated rings. The lowest BCUT2D eigenvalue weighted by Crippen LogP contribution is -2.43. The van der Waals surface area contributed by atoms with Gasteiger partial charge in [0, 0.05) is 12.1 Å². The molecule has 0 bridgehead atoms. The first-order chi connectivity index (χ1) is 11.6. The third kappa shape index (κ3) is 4.60. The maximum atomic E-state index is 12.7. The van der Waals surface area contributed by atoms with E-state index in [9.17, 15) is 18.3 Å². The number of hydrogen-bond acceptors (Lipinski definition) is 3. The maximum Gasteiger partial charge on any atom is 0.322 e. The summed E-state index contributed by atoms with van der Waals surface area (Å²) in [4.78, 5) is 11.7. The normalized spacial score (nSPS) is 13.0. The molecule has 0 saturated heterocycles. The molecule has 2 rings (SSSR count). The minimum Gasteiger partial charge on any atom is -0.480 e. The number of sulfonamides is 1. The Morgan fingerprint density at radius 2 is 1.64 bits per heavy atom. The molecule has 2 aromatic carbocycles. The van der Waals surface area contributed by atoms with Crippen LogP contribution in [0.4, 0.5) is 0 Å². The Kier molecular flexibility index (Phi) is 5.87. The number of benzene rings is 2. The number of rotatable bonds is 6. The molecule has 0 aliphatic carbocycles. The van der Waals surface area contributed by atoms with E-state index in [1.807, 2.05) is 32.0 Å². The zero-order valence-electron chi connectivity index (χ0n) is 14.2. The second kappa shape index (κ2) is 7.56. The van der Waals surface area contributed by atoms with Gasteiger partial charge in [0.15, 0.2) is 0 Å². The number of carboxylic acids is 1. The van der Waals surface area contributed by atoms with Crippen molar-refractivity contribution in [3.8, 4) is 0 Å². The monoisotopic (exact) mass is 381 g/mol. The number of likely N-dealkylation sites (N-methyl/N-ethyl adjacent to an activating group) is 1. The van der Waals surface area contributed by atoms with Crippen LogP contribution in [0.2, 0.25) is 5.02 Å². The molecule has 1 atom stereocenters. The Hall–Kier alpha value is -1.89. The van der Waals surface area contributed by atoms with Gasteiger partial charge in [-0.25, -0.2) is 8.42 Å². The number of hydrogen-bond donors (Lipinski definition) is 1. The van der Waals surface area contributed by atoms with E-state index in [1.165, 1.54) is 31.3 Å². The molecule has 0 aromatic heterocycles. The third-order valence-electron chi connectivity index (χ3n) is 3.93. The van der Waals surface area contributed by atoms with Gasteiger partial charge in [0.2, 0.25) is 10.0 Å². The van der Waals surface area contributed by atoms with Crippen LogP contribution < -0.4 is 0 Å². The van der Waals surface area contributed by atoms with Crippen LogP contribution in [-0.4, -0.2) is 36.9 Å². The van der Waals surface area contributed by atoms with Gasteiger partial charge in [-0.3, -0.25) is 4.79 Å². The van der Waals surface area contributed by atoms with Crippen molar-refractivity contribution in [1.29, 1.82) is 0 Å². The van der Waals surface area contributed by atoms with Crippen molar-refractivity contribution in [3.05, 3.63) is 64.2 Å². The van der Waals surface area contributed by atoms with Crippen LogP contribution >= 0.6 is 11.6 Å².